The van der Waals surface area contributed by atoms with Gasteiger partial charge in [0, 0.05) is 6.07 Å². The Kier molecular flexibility index (Phi) is 5.58. The zero-order valence-electron chi connectivity index (χ0n) is 9.53. The molecule has 1 aromatic carbocycles. The maximum Gasteiger partial charge on any atom is 0.162 e. The number of methoxy groups -OCH3 is 1. The first-order valence-corrected chi connectivity index (χ1v) is 6.41. The summed E-state index contributed by atoms with van der Waals surface area (Å²) in [5, 5.41) is 8.75. The summed E-state index contributed by atoms with van der Waals surface area (Å²) in [6.07, 6.45) is 3.08. The predicted molar refractivity (Wildman–Crippen MR) is 66.2 cm³/mol. The van der Waals surface area contributed by atoms with E-state index in [4.69, 9.17) is 14.7 Å². The number of ether oxygens (including phenoxy) is 2. The molecule has 0 aliphatic carbocycles. The summed E-state index contributed by atoms with van der Waals surface area (Å²) in [6.45, 7) is 0.670. The summed E-state index contributed by atoms with van der Waals surface area (Å²) >= 11 is 1.80. The van der Waals surface area contributed by atoms with Crippen molar-refractivity contribution in [1.82, 2.24) is 0 Å². The molecule has 0 aliphatic rings. The van der Waals surface area contributed by atoms with Gasteiger partial charge in [0.2, 0.25) is 0 Å². The number of nitriles is 1. The minimum Gasteiger partial charge on any atom is -0.493 e. The van der Waals surface area contributed by atoms with Crippen LogP contribution in [0.15, 0.2) is 18.2 Å². The van der Waals surface area contributed by atoms with Crippen molar-refractivity contribution in [3.63, 3.8) is 0 Å². The Labute approximate surface area is 100 Å². The van der Waals surface area contributed by atoms with E-state index >= 15 is 0 Å². The predicted octanol–water partition coefficient (Wildman–Crippen LogP) is 2.70. The van der Waals surface area contributed by atoms with Crippen LogP contribution in [-0.4, -0.2) is 25.7 Å². The Morgan fingerprint density at radius 2 is 2.19 bits per heavy atom. The number of benzene rings is 1. The van der Waals surface area contributed by atoms with Crippen LogP contribution in [-0.2, 0) is 0 Å². The first-order chi connectivity index (χ1) is 7.81. The lowest BCUT2D eigenvalue weighted by Crippen LogP contribution is -2.00. The van der Waals surface area contributed by atoms with E-state index in [1.54, 1.807) is 37.1 Å². The molecular weight excluding hydrogens is 222 g/mol. The average molecular weight is 237 g/mol. The molecule has 0 spiro atoms. The molecule has 16 heavy (non-hydrogen) atoms. The Hall–Kier alpha value is -1.34. The summed E-state index contributed by atoms with van der Waals surface area (Å²) in [5.41, 5.74) is 0.577. The highest BCUT2D eigenvalue weighted by Gasteiger charge is 2.05. The molecule has 0 fully saturated rings. The highest BCUT2D eigenvalue weighted by Crippen LogP contribution is 2.27. The average Bonchev–Trinajstić information content (AvgIpc) is 2.34. The van der Waals surface area contributed by atoms with E-state index in [0.29, 0.717) is 23.7 Å². The molecule has 0 N–H and O–H groups in total. The molecule has 0 aliphatic heterocycles. The second kappa shape index (κ2) is 7.02. The number of hydrogen-bond acceptors (Lipinski definition) is 4. The van der Waals surface area contributed by atoms with Crippen molar-refractivity contribution < 1.29 is 9.47 Å². The Morgan fingerprint density at radius 3 is 2.81 bits per heavy atom. The summed E-state index contributed by atoms with van der Waals surface area (Å²) < 4.78 is 10.7. The van der Waals surface area contributed by atoms with Crippen LogP contribution in [0.2, 0.25) is 0 Å². The minimum absolute atomic E-state index is 0.577. The number of nitrogens with zero attached hydrogens (tertiary/aromatic N) is 1. The largest absolute Gasteiger partial charge is 0.493 e. The Balaban J connectivity index is 2.62. The quantitative estimate of drug-likeness (QED) is 0.713. The molecule has 0 heterocycles. The van der Waals surface area contributed by atoms with Crippen molar-refractivity contribution in [3.05, 3.63) is 23.8 Å². The van der Waals surface area contributed by atoms with Crippen molar-refractivity contribution in [2.24, 2.45) is 0 Å². The topological polar surface area (TPSA) is 42.2 Å². The summed E-state index contributed by atoms with van der Waals surface area (Å²) in [5.74, 6) is 2.39. The molecule has 0 saturated heterocycles. The molecule has 4 heteroatoms. The van der Waals surface area contributed by atoms with E-state index in [0.717, 1.165) is 12.2 Å². The van der Waals surface area contributed by atoms with Gasteiger partial charge < -0.3 is 9.47 Å². The van der Waals surface area contributed by atoms with Gasteiger partial charge in [-0.05, 0) is 30.6 Å². The molecule has 0 radical (unpaired) electrons. The van der Waals surface area contributed by atoms with E-state index in [9.17, 15) is 0 Å². The van der Waals surface area contributed by atoms with Crippen molar-refractivity contribution in [2.75, 3.05) is 25.7 Å². The van der Waals surface area contributed by atoms with Crippen molar-refractivity contribution >= 4 is 11.8 Å². The third kappa shape index (κ3) is 3.67. The van der Waals surface area contributed by atoms with E-state index in [1.807, 2.05) is 0 Å². The first-order valence-electron chi connectivity index (χ1n) is 5.01. The van der Waals surface area contributed by atoms with E-state index in [1.165, 1.54) is 0 Å². The zero-order valence-corrected chi connectivity index (χ0v) is 10.3. The molecule has 1 aromatic rings. The fourth-order valence-electron chi connectivity index (χ4n) is 1.24. The lowest BCUT2D eigenvalue weighted by atomic mass is 10.2. The van der Waals surface area contributed by atoms with Gasteiger partial charge in [-0.15, -0.1) is 0 Å². The molecule has 0 aromatic heterocycles. The maximum atomic E-state index is 8.75. The third-order valence-electron chi connectivity index (χ3n) is 2.04. The molecule has 0 unspecified atom stereocenters. The maximum absolute atomic E-state index is 8.75. The second-order valence-electron chi connectivity index (χ2n) is 3.17. The van der Waals surface area contributed by atoms with Crippen LogP contribution < -0.4 is 9.47 Å². The summed E-state index contributed by atoms with van der Waals surface area (Å²) in [6, 6.07) is 7.25. The van der Waals surface area contributed by atoms with Crippen LogP contribution in [0.25, 0.3) is 0 Å². The third-order valence-corrected chi connectivity index (χ3v) is 2.74. The number of thioether (sulfide) groups is 1. The van der Waals surface area contributed by atoms with E-state index in [2.05, 4.69) is 12.3 Å². The fourth-order valence-corrected chi connectivity index (χ4v) is 1.65. The van der Waals surface area contributed by atoms with Gasteiger partial charge in [0.1, 0.15) is 0 Å². The lowest BCUT2D eigenvalue weighted by Gasteiger charge is -2.10. The van der Waals surface area contributed by atoms with E-state index in [-0.39, 0.29) is 0 Å². The van der Waals surface area contributed by atoms with Gasteiger partial charge >= 0.3 is 0 Å². The molecule has 0 saturated carbocycles. The molecule has 0 atom stereocenters. The van der Waals surface area contributed by atoms with Gasteiger partial charge in [-0.1, -0.05) is 0 Å². The fraction of sp³-hybridized carbons (Fsp3) is 0.417. The normalized spacial score (nSPS) is 9.56. The molecule has 1 rings (SSSR count). The minimum atomic E-state index is 0.577. The summed E-state index contributed by atoms with van der Waals surface area (Å²) in [7, 11) is 1.57. The van der Waals surface area contributed by atoms with Gasteiger partial charge in [0.25, 0.3) is 0 Å². The molecule has 3 nitrogen and oxygen atoms in total. The Bertz CT molecular complexity index is 374. The number of rotatable bonds is 6. The van der Waals surface area contributed by atoms with Gasteiger partial charge in [-0.2, -0.15) is 17.0 Å². The highest BCUT2D eigenvalue weighted by molar-refractivity contribution is 7.98. The smallest absolute Gasteiger partial charge is 0.162 e. The van der Waals surface area contributed by atoms with Gasteiger partial charge in [0.15, 0.2) is 11.5 Å². The second-order valence-corrected chi connectivity index (χ2v) is 4.16. The van der Waals surface area contributed by atoms with Crippen LogP contribution in [0.3, 0.4) is 0 Å². The lowest BCUT2D eigenvalue weighted by molar-refractivity contribution is 0.295. The molecule has 86 valence electrons. The van der Waals surface area contributed by atoms with Crippen LogP contribution in [0, 0.1) is 11.3 Å². The summed E-state index contributed by atoms with van der Waals surface area (Å²) in [4.78, 5) is 0. The Morgan fingerprint density at radius 1 is 1.38 bits per heavy atom. The first kappa shape index (κ1) is 12.7. The van der Waals surface area contributed by atoms with E-state index < -0.39 is 0 Å². The van der Waals surface area contributed by atoms with Crippen molar-refractivity contribution in [3.8, 4) is 17.6 Å². The number of hydrogen-bond donors (Lipinski definition) is 0. The zero-order chi connectivity index (χ0) is 11.8. The SMILES string of the molecule is COc1cc(C#N)ccc1OCCCSC. The molecule has 0 bridgehead atoms. The van der Waals surface area contributed by atoms with Gasteiger partial charge in [0.05, 0.1) is 25.3 Å². The van der Waals surface area contributed by atoms with Gasteiger partial charge in [-0.25, -0.2) is 0 Å². The highest BCUT2D eigenvalue weighted by atomic mass is 32.2. The van der Waals surface area contributed by atoms with Gasteiger partial charge in [-0.3, -0.25) is 0 Å². The monoisotopic (exact) mass is 237 g/mol. The van der Waals surface area contributed by atoms with Crippen LogP contribution >= 0.6 is 11.8 Å². The van der Waals surface area contributed by atoms with Crippen LogP contribution in [0.5, 0.6) is 11.5 Å². The molecular formula is C12H15NO2S. The van der Waals surface area contributed by atoms with Crippen molar-refractivity contribution in [1.29, 1.82) is 5.26 Å². The standard InChI is InChI=1S/C12H15NO2S/c1-14-12-8-10(9-13)4-5-11(12)15-6-3-7-16-2/h4-5,8H,3,6-7H2,1-2H3. The van der Waals surface area contributed by atoms with Crippen molar-refractivity contribution in [2.45, 2.75) is 6.42 Å². The molecule has 0 amide bonds. The van der Waals surface area contributed by atoms with Crippen LogP contribution in [0.1, 0.15) is 12.0 Å². The van der Waals surface area contributed by atoms with Crippen LogP contribution in [0.4, 0.5) is 0 Å².